The Morgan fingerprint density at radius 1 is 0.321 bits per heavy atom. The lowest BCUT2D eigenvalue weighted by atomic mass is 9.70. The van der Waals surface area contributed by atoms with Gasteiger partial charge < -0.3 is 4.42 Å². The van der Waals surface area contributed by atoms with E-state index >= 15 is 0 Å². The number of aromatic nitrogens is 3. The van der Waals surface area contributed by atoms with Crippen LogP contribution in [0.3, 0.4) is 0 Å². The van der Waals surface area contributed by atoms with E-state index in [0.717, 1.165) is 49.8 Å². The quantitative estimate of drug-likeness (QED) is 0.182. The average Bonchev–Trinajstić information content (AvgIpc) is 3.91. The van der Waals surface area contributed by atoms with Crippen molar-refractivity contribution < 1.29 is 4.42 Å². The summed E-state index contributed by atoms with van der Waals surface area (Å²) in [5.41, 5.74) is 16.4. The minimum atomic E-state index is -0.453. The number of hydrogen-bond acceptors (Lipinski definition) is 4. The van der Waals surface area contributed by atoms with Gasteiger partial charge in [-0.15, -0.1) is 0 Å². The molecule has 2 aliphatic rings. The monoisotopic (exact) mass is 713 g/mol. The summed E-state index contributed by atoms with van der Waals surface area (Å²) in [6, 6.07) is 66.6. The maximum atomic E-state index is 6.38. The maximum absolute atomic E-state index is 6.38. The summed E-state index contributed by atoms with van der Waals surface area (Å²) < 4.78 is 6.38. The standard InChI is InChI=1S/C52H31N3O/c1-2-14-33(15-3-1)49-53-50(34-30-28-32(29-31-34)35-20-12-21-39-38-18-7-11-27-46(38)56-48(35)39)55-51(54-49)41-22-13-26-45-47(41)40-19-6-10-25-44(40)52(45)42-23-8-4-16-36(42)37-17-5-9-24-43(37)52/h1-31H. The molecule has 0 bridgehead atoms. The van der Waals surface area contributed by atoms with Crippen molar-refractivity contribution in [3.8, 4) is 67.5 Å². The van der Waals surface area contributed by atoms with Gasteiger partial charge in [0.05, 0.1) is 5.41 Å². The van der Waals surface area contributed by atoms with Crippen LogP contribution in [-0.2, 0) is 5.41 Å². The lowest BCUT2D eigenvalue weighted by Crippen LogP contribution is -2.25. The molecule has 1 spiro atoms. The van der Waals surface area contributed by atoms with Gasteiger partial charge in [-0.2, -0.15) is 0 Å². The molecule has 0 amide bonds. The first-order valence-electron chi connectivity index (χ1n) is 19.0. The van der Waals surface area contributed by atoms with E-state index in [9.17, 15) is 0 Å². The molecule has 0 N–H and O–H groups in total. The van der Waals surface area contributed by atoms with Crippen LogP contribution < -0.4 is 0 Å². The number of fused-ring (bicyclic) bond motifs is 13. The first-order valence-corrected chi connectivity index (χ1v) is 19.0. The highest BCUT2D eigenvalue weighted by molar-refractivity contribution is 6.09. The third kappa shape index (κ3) is 4.27. The summed E-state index contributed by atoms with van der Waals surface area (Å²) >= 11 is 0. The molecule has 0 unspecified atom stereocenters. The van der Waals surface area contributed by atoms with Crippen molar-refractivity contribution in [2.75, 3.05) is 0 Å². The number of rotatable bonds is 4. The average molecular weight is 714 g/mol. The zero-order valence-corrected chi connectivity index (χ0v) is 30.1. The summed E-state index contributed by atoms with van der Waals surface area (Å²) in [4.78, 5) is 15.6. The number of hydrogen-bond donors (Lipinski definition) is 0. The zero-order valence-electron chi connectivity index (χ0n) is 30.1. The zero-order chi connectivity index (χ0) is 36.8. The van der Waals surface area contributed by atoms with Crippen LogP contribution in [-0.4, -0.2) is 15.0 Å². The Kier molecular flexibility index (Phi) is 6.52. The molecule has 0 aliphatic heterocycles. The number of nitrogens with zero attached hydrogens (tertiary/aromatic N) is 3. The highest BCUT2D eigenvalue weighted by Crippen LogP contribution is 2.63. The van der Waals surface area contributed by atoms with Gasteiger partial charge in [0.2, 0.25) is 0 Å². The smallest absolute Gasteiger partial charge is 0.164 e. The molecular weight excluding hydrogens is 683 g/mol. The van der Waals surface area contributed by atoms with Crippen LogP contribution in [0.15, 0.2) is 192 Å². The van der Waals surface area contributed by atoms with Crippen LogP contribution in [0, 0.1) is 0 Å². The summed E-state index contributed by atoms with van der Waals surface area (Å²) in [5.74, 6) is 1.91. The predicted molar refractivity (Wildman–Crippen MR) is 225 cm³/mol. The van der Waals surface area contributed by atoms with E-state index in [0.29, 0.717) is 17.5 Å². The Morgan fingerprint density at radius 2 is 0.804 bits per heavy atom. The van der Waals surface area contributed by atoms with Gasteiger partial charge in [-0.05, 0) is 56.1 Å². The first kappa shape index (κ1) is 31.0. The lowest BCUT2D eigenvalue weighted by Gasteiger charge is -2.30. The summed E-state index contributed by atoms with van der Waals surface area (Å²) in [7, 11) is 0. The Balaban J connectivity index is 1.05. The molecule has 0 radical (unpaired) electrons. The van der Waals surface area contributed by atoms with Gasteiger partial charge >= 0.3 is 0 Å². The van der Waals surface area contributed by atoms with E-state index in [1.165, 1.54) is 44.5 Å². The number of para-hydroxylation sites is 2. The fourth-order valence-electron chi connectivity index (χ4n) is 9.45. The Bertz CT molecular complexity index is 3150. The molecule has 4 heteroatoms. The topological polar surface area (TPSA) is 51.8 Å². The van der Waals surface area contributed by atoms with E-state index < -0.39 is 5.41 Å². The van der Waals surface area contributed by atoms with Crippen molar-refractivity contribution in [3.05, 3.63) is 210 Å². The van der Waals surface area contributed by atoms with Crippen molar-refractivity contribution in [3.63, 3.8) is 0 Å². The normalized spacial score (nSPS) is 13.1. The third-order valence-electron chi connectivity index (χ3n) is 11.8. The van der Waals surface area contributed by atoms with Gasteiger partial charge in [0.15, 0.2) is 17.5 Å². The maximum Gasteiger partial charge on any atom is 0.164 e. The van der Waals surface area contributed by atoms with Gasteiger partial charge in [-0.25, -0.2) is 15.0 Å². The van der Waals surface area contributed by atoms with Crippen LogP contribution in [0.5, 0.6) is 0 Å². The van der Waals surface area contributed by atoms with Crippen LogP contribution in [0.25, 0.3) is 89.5 Å². The van der Waals surface area contributed by atoms with E-state index in [2.05, 4.69) is 158 Å². The fraction of sp³-hybridized carbons (Fsp3) is 0.0192. The molecule has 10 aromatic rings. The lowest BCUT2D eigenvalue weighted by molar-refractivity contribution is 0.670. The second kappa shape index (κ2) is 11.8. The Labute approximate surface area is 323 Å². The molecular formula is C52H31N3O. The van der Waals surface area contributed by atoms with Gasteiger partial charge in [-0.3, -0.25) is 0 Å². The highest BCUT2D eigenvalue weighted by Gasteiger charge is 2.52. The molecule has 2 heterocycles. The van der Waals surface area contributed by atoms with E-state index in [1.807, 2.05) is 30.3 Å². The van der Waals surface area contributed by atoms with Crippen molar-refractivity contribution in [1.29, 1.82) is 0 Å². The molecule has 8 aromatic carbocycles. The van der Waals surface area contributed by atoms with Crippen LogP contribution in [0.4, 0.5) is 0 Å². The minimum Gasteiger partial charge on any atom is -0.455 e. The van der Waals surface area contributed by atoms with Crippen LogP contribution >= 0.6 is 0 Å². The molecule has 0 fully saturated rings. The Morgan fingerprint density at radius 3 is 1.54 bits per heavy atom. The second-order valence-electron chi connectivity index (χ2n) is 14.6. The highest BCUT2D eigenvalue weighted by atomic mass is 16.3. The molecule has 0 saturated carbocycles. The first-order chi connectivity index (χ1) is 27.8. The molecule has 0 saturated heterocycles. The van der Waals surface area contributed by atoms with Gasteiger partial charge in [-0.1, -0.05) is 182 Å². The molecule has 12 rings (SSSR count). The minimum absolute atomic E-state index is 0.453. The number of benzene rings is 8. The van der Waals surface area contributed by atoms with Gasteiger partial charge in [0, 0.05) is 33.0 Å². The van der Waals surface area contributed by atoms with Crippen LogP contribution in [0.1, 0.15) is 22.3 Å². The molecule has 0 atom stereocenters. The van der Waals surface area contributed by atoms with Crippen molar-refractivity contribution in [2.45, 2.75) is 5.41 Å². The number of furan rings is 1. The van der Waals surface area contributed by atoms with Crippen molar-refractivity contribution in [1.82, 2.24) is 15.0 Å². The summed E-state index contributed by atoms with van der Waals surface area (Å²) in [6.07, 6.45) is 0. The largest absolute Gasteiger partial charge is 0.455 e. The van der Waals surface area contributed by atoms with Gasteiger partial charge in [0.25, 0.3) is 0 Å². The molecule has 260 valence electrons. The third-order valence-corrected chi connectivity index (χ3v) is 11.8. The van der Waals surface area contributed by atoms with E-state index in [-0.39, 0.29) is 0 Å². The second-order valence-corrected chi connectivity index (χ2v) is 14.6. The molecule has 4 nitrogen and oxygen atoms in total. The SMILES string of the molecule is c1ccc(-c2nc(-c3ccc(-c4cccc5c4oc4ccccc45)cc3)nc(-c3cccc4c3-c3ccccc3C43c4ccccc4-c4ccccc43)n2)cc1. The predicted octanol–water partition coefficient (Wildman–Crippen LogP) is 12.8. The van der Waals surface area contributed by atoms with E-state index in [4.69, 9.17) is 19.4 Å². The summed E-state index contributed by atoms with van der Waals surface area (Å²) in [5, 5.41) is 2.23. The molecule has 2 aliphatic carbocycles. The van der Waals surface area contributed by atoms with E-state index in [1.54, 1.807) is 0 Å². The Hall–Kier alpha value is -7.43. The van der Waals surface area contributed by atoms with Crippen LogP contribution in [0.2, 0.25) is 0 Å². The fourth-order valence-corrected chi connectivity index (χ4v) is 9.45. The van der Waals surface area contributed by atoms with Gasteiger partial charge in [0.1, 0.15) is 11.2 Å². The van der Waals surface area contributed by atoms with Crippen molar-refractivity contribution >= 4 is 21.9 Å². The molecule has 56 heavy (non-hydrogen) atoms. The summed E-state index contributed by atoms with van der Waals surface area (Å²) in [6.45, 7) is 0. The molecule has 2 aromatic heterocycles. The van der Waals surface area contributed by atoms with Crippen molar-refractivity contribution in [2.24, 2.45) is 0 Å².